The maximum Gasteiger partial charge on any atom is 0.203 e. The van der Waals surface area contributed by atoms with Crippen molar-refractivity contribution < 1.29 is 19.0 Å². The molecule has 0 aliphatic rings. The summed E-state index contributed by atoms with van der Waals surface area (Å²) in [5.74, 6) is 1.64. The van der Waals surface area contributed by atoms with Crippen LogP contribution in [0.1, 0.15) is 5.56 Å². The largest absolute Gasteiger partial charge is 0.493 e. The van der Waals surface area contributed by atoms with Gasteiger partial charge in [0, 0.05) is 0 Å². The molecule has 0 amide bonds. The fourth-order valence-corrected chi connectivity index (χ4v) is 1.57. The molecule has 1 atom stereocenters. The van der Waals surface area contributed by atoms with Crippen molar-refractivity contribution in [1.29, 1.82) is 0 Å². The Kier molecular flexibility index (Phi) is 4.78. The summed E-state index contributed by atoms with van der Waals surface area (Å²) in [6, 6.07) is 3.04. The lowest BCUT2D eigenvalue weighted by atomic mass is 10.1. The predicted molar refractivity (Wildman–Crippen MR) is 63.8 cm³/mol. The molecule has 5 heteroatoms. The number of methoxy groups -OCH3 is 3. The zero-order chi connectivity index (χ0) is 12.8. The minimum Gasteiger partial charge on any atom is -0.493 e. The molecule has 0 heterocycles. The van der Waals surface area contributed by atoms with Crippen molar-refractivity contribution in [3.8, 4) is 17.2 Å². The Morgan fingerprint density at radius 2 is 1.71 bits per heavy atom. The van der Waals surface area contributed by atoms with E-state index < -0.39 is 6.04 Å². The molecule has 0 fully saturated rings. The summed E-state index contributed by atoms with van der Waals surface area (Å²) in [5.41, 5.74) is 6.44. The fraction of sp³-hybridized carbons (Fsp3) is 0.417. The van der Waals surface area contributed by atoms with Crippen LogP contribution in [-0.4, -0.2) is 33.7 Å². The summed E-state index contributed by atoms with van der Waals surface area (Å²) in [7, 11) is 4.62. The number of benzene rings is 1. The number of rotatable bonds is 6. The monoisotopic (exact) mass is 239 g/mol. The lowest BCUT2D eigenvalue weighted by molar-refractivity contribution is -0.108. The normalized spacial score (nSPS) is 11.8. The molecule has 2 N–H and O–H groups in total. The molecule has 17 heavy (non-hydrogen) atoms. The van der Waals surface area contributed by atoms with E-state index in [1.54, 1.807) is 26.4 Å². The molecule has 1 aromatic carbocycles. The van der Waals surface area contributed by atoms with Gasteiger partial charge in [-0.05, 0) is 24.1 Å². The standard InChI is InChI=1S/C12H17NO4/c1-15-10-5-8(4-9(13)7-14)6-11(16-2)12(10)17-3/h5-7,9H,4,13H2,1-3H3/t9-/m1/s1. The number of carbonyl (C=O) groups is 1. The first kappa shape index (κ1) is 13.3. The quantitative estimate of drug-likeness (QED) is 0.743. The van der Waals surface area contributed by atoms with Crippen molar-refractivity contribution in [2.45, 2.75) is 12.5 Å². The molecule has 0 aliphatic carbocycles. The maximum absolute atomic E-state index is 10.5. The van der Waals surface area contributed by atoms with Crippen LogP contribution >= 0.6 is 0 Å². The zero-order valence-electron chi connectivity index (χ0n) is 10.2. The predicted octanol–water partition coefficient (Wildman–Crippen LogP) is 0.781. The number of ether oxygens (including phenoxy) is 3. The van der Waals surface area contributed by atoms with Gasteiger partial charge in [0.25, 0.3) is 0 Å². The number of nitrogens with two attached hydrogens (primary N) is 1. The number of aldehydes is 1. The third kappa shape index (κ3) is 3.10. The Hall–Kier alpha value is -1.75. The van der Waals surface area contributed by atoms with E-state index in [0.717, 1.165) is 5.56 Å². The summed E-state index contributed by atoms with van der Waals surface area (Å²) >= 11 is 0. The van der Waals surface area contributed by atoms with Crippen LogP contribution in [0.2, 0.25) is 0 Å². The van der Waals surface area contributed by atoms with E-state index in [0.29, 0.717) is 30.0 Å². The van der Waals surface area contributed by atoms with Crippen LogP contribution in [0, 0.1) is 0 Å². The second-order valence-corrected chi connectivity index (χ2v) is 3.54. The molecule has 0 bridgehead atoms. The first-order valence-electron chi connectivity index (χ1n) is 5.16. The van der Waals surface area contributed by atoms with Crippen LogP contribution < -0.4 is 19.9 Å². The van der Waals surface area contributed by atoms with Crippen molar-refractivity contribution in [3.63, 3.8) is 0 Å². The molecule has 1 rings (SSSR count). The van der Waals surface area contributed by atoms with Crippen molar-refractivity contribution in [1.82, 2.24) is 0 Å². The van der Waals surface area contributed by atoms with E-state index in [1.165, 1.54) is 7.11 Å². The summed E-state index contributed by atoms with van der Waals surface area (Å²) in [6.45, 7) is 0. The molecule has 1 aromatic rings. The smallest absolute Gasteiger partial charge is 0.203 e. The van der Waals surface area contributed by atoms with Gasteiger partial charge in [0.15, 0.2) is 11.5 Å². The van der Waals surface area contributed by atoms with E-state index in [-0.39, 0.29) is 0 Å². The minimum atomic E-state index is -0.530. The SMILES string of the molecule is COc1cc(C[C@@H](N)C=O)cc(OC)c1OC. The topological polar surface area (TPSA) is 70.8 Å². The van der Waals surface area contributed by atoms with Crippen LogP contribution in [0.4, 0.5) is 0 Å². The van der Waals surface area contributed by atoms with Gasteiger partial charge < -0.3 is 24.7 Å². The highest BCUT2D eigenvalue weighted by Gasteiger charge is 2.14. The highest BCUT2D eigenvalue weighted by atomic mass is 16.5. The molecular weight excluding hydrogens is 222 g/mol. The molecule has 0 radical (unpaired) electrons. The zero-order valence-corrected chi connectivity index (χ0v) is 10.2. The minimum absolute atomic E-state index is 0.431. The van der Waals surface area contributed by atoms with Gasteiger partial charge in [0.2, 0.25) is 5.75 Å². The van der Waals surface area contributed by atoms with Crippen molar-refractivity contribution in [3.05, 3.63) is 17.7 Å². The summed E-state index contributed by atoms with van der Waals surface area (Å²) < 4.78 is 15.6. The van der Waals surface area contributed by atoms with Crippen LogP contribution in [0.5, 0.6) is 17.2 Å². The highest BCUT2D eigenvalue weighted by Crippen LogP contribution is 2.38. The van der Waals surface area contributed by atoms with Crippen molar-refractivity contribution >= 4 is 6.29 Å². The Balaban J connectivity index is 3.12. The molecule has 0 aliphatic heterocycles. The number of hydrogen-bond donors (Lipinski definition) is 1. The Morgan fingerprint density at radius 1 is 1.18 bits per heavy atom. The van der Waals surface area contributed by atoms with Gasteiger partial charge in [-0.3, -0.25) is 0 Å². The molecule has 5 nitrogen and oxygen atoms in total. The Bertz CT molecular complexity index is 367. The van der Waals surface area contributed by atoms with Crippen LogP contribution in [-0.2, 0) is 11.2 Å². The van der Waals surface area contributed by atoms with E-state index in [9.17, 15) is 4.79 Å². The van der Waals surface area contributed by atoms with Gasteiger partial charge in [-0.15, -0.1) is 0 Å². The first-order valence-corrected chi connectivity index (χ1v) is 5.16. The maximum atomic E-state index is 10.5. The van der Waals surface area contributed by atoms with Gasteiger partial charge in [-0.1, -0.05) is 0 Å². The van der Waals surface area contributed by atoms with Gasteiger partial charge in [0.05, 0.1) is 27.4 Å². The Labute approximate surface area is 100 Å². The summed E-state index contributed by atoms with van der Waals surface area (Å²) in [4.78, 5) is 10.5. The lowest BCUT2D eigenvalue weighted by Crippen LogP contribution is -2.24. The average molecular weight is 239 g/mol. The molecule has 0 saturated carbocycles. The average Bonchev–Trinajstić information content (AvgIpc) is 2.37. The molecule has 0 saturated heterocycles. The van der Waals surface area contributed by atoms with Crippen molar-refractivity contribution in [2.75, 3.05) is 21.3 Å². The van der Waals surface area contributed by atoms with Gasteiger partial charge >= 0.3 is 0 Å². The first-order chi connectivity index (χ1) is 8.15. The Morgan fingerprint density at radius 3 is 2.06 bits per heavy atom. The van der Waals surface area contributed by atoms with Crippen LogP contribution in [0.3, 0.4) is 0 Å². The third-order valence-electron chi connectivity index (χ3n) is 2.37. The molecular formula is C12H17NO4. The molecule has 0 spiro atoms. The summed E-state index contributed by atoms with van der Waals surface area (Å²) in [6.07, 6.45) is 1.14. The van der Waals surface area contributed by atoms with E-state index in [4.69, 9.17) is 19.9 Å². The highest BCUT2D eigenvalue weighted by molar-refractivity contribution is 5.59. The molecule has 0 aromatic heterocycles. The number of carbonyl (C=O) groups excluding carboxylic acids is 1. The summed E-state index contributed by atoms with van der Waals surface area (Å²) in [5, 5.41) is 0. The molecule has 0 unspecified atom stereocenters. The number of hydrogen-bond acceptors (Lipinski definition) is 5. The van der Waals surface area contributed by atoms with Crippen LogP contribution in [0.25, 0.3) is 0 Å². The second-order valence-electron chi connectivity index (χ2n) is 3.54. The van der Waals surface area contributed by atoms with E-state index in [2.05, 4.69) is 0 Å². The van der Waals surface area contributed by atoms with Crippen LogP contribution in [0.15, 0.2) is 12.1 Å². The van der Waals surface area contributed by atoms with Gasteiger partial charge in [-0.25, -0.2) is 0 Å². The third-order valence-corrected chi connectivity index (χ3v) is 2.37. The van der Waals surface area contributed by atoms with E-state index >= 15 is 0 Å². The van der Waals surface area contributed by atoms with Crippen molar-refractivity contribution in [2.24, 2.45) is 5.73 Å². The molecule has 94 valence electrons. The van der Waals surface area contributed by atoms with Gasteiger partial charge in [-0.2, -0.15) is 0 Å². The van der Waals surface area contributed by atoms with E-state index in [1.807, 2.05) is 0 Å². The van der Waals surface area contributed by atoms with Gasteiger partial charge in [0.1, 0.15) is 6.29 Å². The fourth-order valence-electron chi connectivity index (χ4n) is 1.57. The second kappa shape index (κ2) is 6.10. The lowest BCUT2D eigenvalue weighted by Gasteiger charge is -2.14.